The molecule has 0 aliphatic heterocycles. The van der Waals surface area contributed by atoms with Crippen molar-refractivity contribution in [1.82, 2.24) is 4.98 Å². The van der Waals surface area contributed by atoms with Gasteiger partial charge in [-0.2, -0.15) is 13.2 Å². The van der Waals surface area contributed by atoms with Gasteiger partial charge in [-0.05, 0) is 11.6 Å². The minimum atomic E-state index is -4.64. The third kappa shape index (κ3) is 3.13. The number of alkyl halides is 4. The molecule has 6 heteroatoms. The van der Waals surface area contributed by atoms with Crippen molar-refractivity contribution >= 4 is 17.7 Å². The lowest BCUT2D eigenvalue weighted by Crippen LogP contribution is -2.21. The van der Waals surface area contributed by atoms with Crippen molar-refractivity contribution in [3.63, 3.8) is 0 Å². The zero-order chi connectivity index (χ0) is 11.5. The number of allylic oxidation sites excluding steroid dienone is 1. The summed E-state index contributed by atoms with van der Waals surface area (Å²) in [5.74, 6) is 0.195. The van der Waals surface area contributed by atoms with Gasteiger partial charge in [-0.3, -0.25) is 4.79 Å². The predicted molar refractivity (Wildman–Crippen MR) is 51.8 cm³/mol. The summed E-state index contributed by atoms with van der Waals surface area (Å²) in [5.41, 5.74) is -2.10. The predicted octanol–water partition coefficient (Wildman–Crippen LogP) is 2.65. The smallest absolute Gasteiger partial charge is 0.328 e. The molecule has 1 heterocycles. The number of hydrogen-bond acceptors (Lipinski definition) is 1. The summed E-state index contributed by atoms with van der Waals surface area (Å²) in [6.45, 7) is 0. The van der Waals surface area contributed by atoms with Gasteiger partial charge in [-0.25, -0.2) is 0 Å². The Morgan fingerprint density at radius 2 is 2.13 bits per heavy atom. The van der Waals surface area contributed by atoms with Gasteiger partial charge in [0.25, 0.3) is 5.56 Å². The molecule has 1 aromatic rings. The van der Waals surface area contributed by atoms with Gasteiger partial charge in [0.1, 0.15) is 5.56 Å². The first-order valence-corrected chi connectivity index (χ1v) is 4.51. The molecule has 1 rings (SSSR count). The quantitative estimate of drug-likeness (QED) is 0.788. The zero-order valence-corrected chi connectivity index (χ0v) is 8.19. The van der Waals surface area contributed by atoms with Crippen molar-refractivity contribution in [2.24, 2.45) is 0 Å². The molecule has 82 valence electrons. The highest BCUT2D eigenvalue weighted by atomic mass is 35.5. The summed E-state index contributed by atoms with van der Waals surface area (Å²) in [6, 6.07) is 0.780. The molecule has 0 fully saturated rings. The van der Waals surface area contributed by atoms with E-state index in [9.17, 15) is 18.0 Å². The second-order valence-electron chi connectivity index (χ2n) is 2.73. The molecule has 0 spiro atoms. The largest absolute Gasteiger partial charge is 0.421 e. The van der Waals surface area contributed by atoms with E-state index in [1.54, 1.807) is 0 Å². The molecule has 0 aromatic carbocycles. The number of H-pyrrole nitrogens is 1. The third-order valence-corrected chi connectivity index (χ3v) is 1.81. The normalized spacial score (nSPS) is 12.3. The summed E-state index contributed by atoms with van der Waals surface area (Å²) >= 11 is 5.33. The van der Waals surface area contributed by atoms with Crippen LogP contribution in [0.4, 0.5) is 13.2 Å². The molecule has 0 radical (unpaired) electrons. The fraction of sp³-hybridized carbons (Fsp3) is 0.222. The monoisotopic (exact) mass is 237 g/mol. The molecule has 1 aromatic heterocycles. The van der Waals surface area contributed by atoms with Crippen molar-refractivity contribution in [2.45, 2.75) is 6.18 Å². The molecular formula is C9H7ClF3NO. The topological polar surface area (TPSA) is 32.9 Å². The number of rotatable bonds is 2. The molecule has 15 heavy (non-hydrogen) atoms. The highest BCUT2D eigenvalue weighted by Gasteiger charge is 2.33. The van der Waals surface area contributed by atoms with Crippen LogP contribution < -0.4 is 5.56 Å². The second-order valence-corrected chi connectivity index (χ2v) is 3.04. The first kappa shape index (κ1) is 11.8. The van der Waals surface area contributed by atoms with Gasteiger partial charge in [-0.1, -0.05) is 12.2 Å². The molecule has 0 atom stereocenters. The van der Waals surface area contributed by atoms with Crippen molar-refractivity contribution < 1.29 is 13.2 Å². The van der Waals surface area contributed by atoms with Crippen LogP contribution in [0.2, 0.25) is 0 Å². The van der Waals surface area contributed by atoms with Gasteiger partial charge in [-0.15, -0.1) is 11.6 Å². The lowest BCUT2D eigenvalue weighted by Gasteiger charge is -2.05. The minimum Gasteiger partial charge on any atom is -0.328 e. The molecule has 0 saturated heterocycles. The second kappa shape index (κ2) is 4.53. The Labute approximate surface area is 88.4 Å². The van der Waals surface area contributed by atoms with Gasteiger partial charge in [0.2, 0.25) is 0 Å². The molecule has 0 unspecified atom stereocenters. The van der Waals surface area contributed by atoms with Gasteiger partial charge < -0.3 is 4.98 Å². The average Bonchev–Trinajstić information content (AvgIpc) is 2.15. The van der Waals surface area contributed by atoms with Crippen LogP contribution in [-0.4, -0.2) is 10.9 Å². The molecule has 1 N–H and O–H groups in total. The van der Waals surface area contributed by atoms with Crippen LogP contribution >= 0.6 is 11.6 Å². The van der Waals surface area contributed by atoms with E-state index in [1.807, 2.05) is 4.98 Å². The molecule has 0 aliphatic rings. The Hall–Kier alpha value is -1.23. The van der Waals surface area contributed by atoms with Gasteiger partial charge in [0.15, 0.2) is 0 Å². The average molecular weight is 238 g/mol. The number of halogens is 4. The highest BCUT2D eigenvalue weighted by molar-refractivity contribution is 6.19. The van der Waals surface area contributed by atoms with E-state index in [1.165, 1.54) is 18.3 Å². The summed E-state index contributed by atoms with van der Waals surface area (Å²) in [5, 5.41) is 0. The van der Waals surface area contributed by atoms with Crippen LogP contribution in [0.25, 0.3) is 6.08 Å². The zero-order valence-electron chi connectivity index (χ0n) is 7.44. The molecule has 0 saturated carbocycles. The highest BCUT2D eigenvalue weighted by Crippen LogP contribution is 2.26. The van der Waals surface area contributed by atoms with E-state index in [-0.39, 0.29) is 11.4 Å². The third-order valence-electron chi connectivity index (χ3n) is 1.63. The van der Waals surface area contributed by atoms with E-state index >= 15 is 0 Å². The van der Waals surface area contributed by atoms with E-state index in [2.05, 4.69) is 0 Å². The number of pyridine rings is 1. The number of nitrogens with one attached hydrogen (secondary N) is 1. The Morgan fingerprint density at radius 1 is 1.47 bits per heavy atom. The standard InChI is InChI=1S/C9H7ClF3NO/c10-3-1-2-6-4-7(9(11,12)13)8(15)14-5-6/h1-2,4-5H,3H2,(H,14,15). The number of aromatic nitrogens is 1. The van der Waals surface area contributed by atoms with Crippen molar-refractivity contribution in [2.75, 3.05) is 5.88 Å². The Kier molecular flexibility index (Phi) is 3.57. The van der Waals surface area contributed by atoms with Crippen molar-refractivity contribution in [3.05, 3.63) is 39.8 Å². The molecular weight excluding hydrogens is 231 g/mol. The summed E-state index contributed by atoms with van der Waals surface area (Å²) in [4.78, 5) is 12.9. The van der Waals surface area contributed by atoms with Crippen LogP contribution in [0, 0.1) is 0 Å². The van der Waals surface area contributed by atoms with Crippen molar-refractivity contribution in [3.8, 4) is 0 Å². The van der Waals surface area contributed by atoms with Crippen LogP contribution in [0.5, 0.6) is 0 Å². The van der Waals surface area contributed by atoms with Gasteiger partial charge in [0.05, 0.1) is 0 Å². The fourth-order valence-corrected chi connectivity index (χ4v) is 1.08. The Balaban J connectivity index is 3.17. The van der Waals surface area contributed by atoms with Crippen LogP contribution in [0.15, 0.2) is 23.1 Å². The fourth-order valence-electron chi connectivity index (χ4n) is 0.988. The maximum atomic E-state index is 12.3. The van der Waals surface area contributed by atoms with E-state index in [4.69, 9.17) is 11.6 Å². The Bertz CT molecular complexity index is 422. The number of aromatic amines is 1. The lowest BCUT2D eigenvalue weighted by molar-refractivity contribution is -0.138. The van der Waals surface area contributed by atoms with Crippen LogP contribution in [0.1, 0.15) is 11.1 Å². The maximum Gasteiger partial charge on any atom is 0.421 e. The SMILES string of the molecule is O=c1[nH]cc(C=CCCl)cc1C(F)(F)F. The number of hydrogen-bond donors (Lipinski definition) is 1. The van der Waals surface area contributed by atoms with Gasteiger partial charge in [0, 0.05) is 12.1 Å². The van der Waals surface area contributed by atoms with Crippen LogP contribution in [0.3, 0.4) is 0 Å². The van der Waals surface area contributed by atoms with Gasteiger partial charge >= 0.3 is 6.18 Å². The summed E-state index contributed by atoms with van der Waals surface area (Å²) in [6.07, 6.45) is -0.563. The summed E-state index contributed by atoms with van der Waals surface area (Å²) in [7, 11) is 0. The Morgan fingerprint density at radius 3 is 2.67 bits per heavy atom. The molecule has 0 amide bonds. The first-order chi connectivity index (χ1) is 6.95. The van der Waals surface area contributed by atoms with Crippen molar-refractivity contribution in [1.29, 1.82) is 0 Å². The minimum absolute atomic E-state index is 0.195. The molecule has 0 bridgehead atoms. The van der Waals surface area contributed by atoms with E-state index in [0.29, 0.717) is 0 Å². The summed E-state index contributed by atoms with van der Waals surface area (Å²) < 4.78 is 36.8. The van der Waals surface area contributed by atoms with E-state index < -0.39 is 17.3 Å². The molecule has 2 nitrogen and oxygen atoms in total. The molecule has 0 aliphatic carbocycles. The first-order valence-electron chi connectivity index (χ1n) is 3.97. The maximum absolute atomic E-state index is 12.3. The van der Waals surface area contributed by atoms with Crippen LogP contribution in [-0.2, 0) is 6.18 Å². The lowest BCUT2D eigenvalue weighted by atomic mass is 10.2. The van der Waals surface area contributed by atoms with E-state index in [0.717, 1.165) is 6.07 Å².